The number of imidazole rings is 1. The van der Waals surface area contributed by atoms with Gasteiger partial charge in [-0.3, -0.25) is 4.98 Å². The Hall–Kier alpha value is -4.68. The number of aryl methyl sites for hydroxylation is 1. The Morgan fingerprint density at radius 2 is 1.50 bits per heavy atom. The average Bonchev–Trinajstić information content (AvgIpc) is 3.57. The monoisotopic (exact) mass is 651 g/mol. The summed E-state index contributed by atoms with van der Waals surface area (Å²) in [5.74, 6) is 1.01. The van der Waals surface area contributed by atoms with Crippen LogP contribution in [0.4, 0.5) is 0 Å². The largest absolute Gasteiger partial charge is 0.507 e. The van der Waals surface area contributed by atoms with Gasteiger partial charge in [0, 0.05) is 46.3 Å². The van der Waals surface area contributed by atoms with Crippen molar-refractivity contribution in [2.75, 3.05) is 0 Å². The van der Waals surface area contributed by atoms with Gasteiger partial charge in [-0.1, -0.05) is 104 Å². The number of aromatic nitrogens is 3. The lowest BCUT2D eigenvalue weighted by Crippen LogP contribution is -2.37. The highest BCUT2D eigenvalue weighted by atomic mass is 28.3. The molecular formula is C42H45N3O2Si. The van der Waals surface area contributed by atoms with E-state index < -0.39 is 8.07 Å². The van der Waals surface area contributed by atoms with Crippen molar-refractivity contribution in [3.8, 4) is 39.5 Å². The topological polar surface area (TPSA) is 64.1 Å². The predicted molar refractivity (Wildman–Crippen MR) is 204 cm³/mol. The standard InChI is InChI=1S/C42H45N3O2Si/c1-41(2,3)26-22-32(38(46)33(23-26)42(4,5)6)40-44-37-29(15-13-16-35(37)45(40)7)31-21-25(34-19-18-27(24-43-34)48(8,9)10)20-30-28-14-11-12-17-36(28)47-39(30)31/h11-24,46H,1-10H3. The molecule has 0 saturated carbocycles. The van der Waals surface area contributed by atoms with Gasteiger partial charge in [0.2, 0.25) is 0 Å². The van der Waals surface area contributed by atoms with Gasteiger partial charge in [0.15, 0.2) is 0 Å². The number of benzene rings is 4. The Kier molecular flexibility index (Phi) is 7.26. The molecule has 48 heavy (non-hydrogen) atoms. The van der Waals surface area contributed by atoms with Crippen LogP contribution in [0.2, 0.25) is 19.6 Å². The number of hydrogen-bond donors (Lipinski definition) is 1. The normalized spacial score (nSPS) is 12.9. The van der Waals surface area contributed by atoms with Crippen LogP contribution in [0.1, 0.15) is 52.7 Å². The molecule has 0 atom stereocenters. The molecule has 0 aliphatic heterocycles. The van der Waals surface area contributed by atoms with Crippen molar-refractivity contribution in [3.05, 3.63) is 96.2 Å². The number of phenols is 1. The third-order valence-corrected chi connectivity index (χ3v) is 11.7. The molecule has 1 N–H and O–H groups in total. The van der Waals surface area contributed by atoms with Gasteiger partial charge in [0.1, 0.15) is 22.7 Å². The maximum Gasteiger partial charge on any atom is 0.144 e. The van der Waals surface area contributed by atoms with Gasteiger partial charge < -0.3 is 14.1 Å². The van der Waals surface area contributed by atoms with Crippen LogP contribution in [0.25, 0.3) is 66.7 Å². The van der Waals surface area contributed by atoms with Gasteiger partial charge in [-0.05, 0) is 58.0 Å². The molecule has 244 valence electrons. The SMILES string of the molecule is Cn1c(-c2cc(C(C)(C)C)cc(C(C)(C)C)c2O)nc2c(-c3cc(-c4ccc([Si](C)(C)C)cn4)cc4c3oc3ccccc34)cccc21. The first-order valence-corrected chi connectivity index (χ1v) is 20.3. The van der Waals surface area contributed by atoms with Crippen molar-refractivity contribution >= 4 is 46.2 Å². The van der Waals surface area contributed by atoms with Crippen molar-refractivity contribution in [2.45, 2.75) is 72.0 Å². The molecule has 6 heteroatoms. The summed E-state index contributed by atoms with van der Waals surface area (Å²) in [5.41, 5.74) is 9.88. The Bertz CT molecular complexity index is 2360. The smallest absolute Gasteiger partial charge is 0.144 e. The lowest BCUT2D eigenvalue weighted by Gasteiger charge is -2.27. The van der Waals surface area contributed by atoms with E-state index in [0.717, 1.165) is 77.9 Å². The van der Waals surface area contributed by atoms with E-state index in [1.807, 2.05) is 19.2 Å². The molecule has 0 amide bonds. The summed E-state index contributed by atoms with van der Waals surface area (Å²) in [4.78, 5) is 10.3. The fourth-order valence-corrected chi connectivity index (χ4v) is 7.70. The maximum atomic E-state index is 11.8. The van der Waals surface area contributed by atoms with Crippen molar-refractivity contribution in [3.63, 3.8) is 0 Å². The molecule has 0 saturated heterocycles. The molecule has 0 spiro atoms. The molecule has 0 unspecified atom stereocenters. The van der Waals surface area contributed by atoms with E-state index in [-0.39, 0.29) is 16.6 Å². The van der Waals surface area contributed by atoms with Crippen LogP contribution in [0.5, 0.6) is 5.75 Å². The number of rotatable bonds is 4. The molecule has 0 aliphatic carbocycles. The summed E-state index contributed by atoms with van der Waals surface area (Å²) in [6.45, 7) is 20.1. The highest BCUT2D eigenvalue weighted by Gasteiger charge is 2.28. The van der Waals surface area contributed by atoms with Crippen LogP contribution in [0, 0.1) is 0 Å². The van der Waals surface area contributed by atoms with Crippen LogP contribution in [0.3, 0.4) is 0 Å². The summed E-state index contributed by atoms with van der Waals surface area (Å²) in [6.07, 6.45) is 2.05. The number of phenolic OH excluding ortho intramolecular Hbond substituents is 1. The molecule has 0 aliphatic rings. The predicted octanol–water partition coefficient (Wildman–Crippen LogP) is 10.7. The van der Waals surface area contributed by atoms with E-state index in [1.165, 1.54) is 5.19 Å². The van der Waals surface area contributed by atoms with E-state index >= 15 is 0 Å². The number of aromatic hydroxyl groups is 1. The summed E-state index contributed by atoms with van der Waals surface area (Å²) < 4.78 is 8.70. The second-order valence-electron chi connectivity index (χ2n) is 16.3. The molecule has 7 rings (SSSR count). The number of hydrogen-bond acceptors (Lipinski definition) is 4. The molecule has 4 aromatic carbocycles. The lowest BCUT2D eigenvalue weighted by molar-refractivity contribution is 0.446. The fourth-order valence-electron chi connectivity index (χ4n) is 6.67. The van der Waals surface area contributed by atoms with Gasteiger partial charge >= 0.3 is 0 Å². The van der Waals surface area contributed by atoms with Gasteiger partial charge in [-0.2, -0.15) is 0 Å². The summed E-state index contributed by atoms with van der Waals surface area (Å²) in [6, 6.07) is 27.6. The maximum absolute atomic E-state index is 11.8. The van der Waals surface area contributed by atoms with Crippen molar-refractivity contribution in [1.82, 2.24) is 14.5 Å². The van der Waals surface area contributed by atoms with Crippen LogP contribution in [-0.4, -0.2) is 27.7 Å². The van der Waals surface area contributed by atoms with Gasteiger partial charge in [0.25, 0.3) is 0 Å². The zero-order valence-corrected chi connectivity index (χ0v) is 30.8. The first kappa shape index (κ1) is 31.9. The van der Waals surface area contributed by atoms with Crippen LogP contribution < -0.4 is 5.19 Å². The van der Waals surface area contributed by atoms with Gasteiger partial charge in [-0.25, -0.2) is 4.98 Å². The van der Waals surface area contributed by atoms with E-state index in [1.54, 1.807) is 0 Å². The average molecular weight is 652 g/mol. The van der Waals surface area contributed by atoms with E-state index in [2.05, 4.69) is 139 Å². The second-order valence-corrected chi connectivity index (χ2v) is 21.3. The van der Waals surface area contributed by atoms with Crippen molar-refractivity contribution in [1.29, 1.82) is 0 Å². The first-order chi connectivity index (χ1) is 22.5. The summed E-state index contributed by atoms with van der Waals surface area (Å²) in [7, 11) is 0.543. The quantitative estimate of drug-likeness (QED) is 0.192. The first-order valence-electron chi connectivity index (χ1n) is 16.8. The lowest BCUT2D eigenvalue weighted by atomic mass is 9.79. The minimum Gasteiger partial charge on any atom is -0.507 e. The molecule has 3 heterocycles. The zero-order chi connectivity index (χ0) is 34.3. The molecular weight excluding hydrogens is 607 g/mol. The van der Waals surface area contributed by atoms with Gasteiger partial charge in [-0.15, -0.1) is 0 Å². The number of furan rings is 1. The number of nitrogens with zero attached hydrogens (tertiary/aromatic N) is 3. The van der Waals surface area contributed by atoms with E-state index in [9.17, 15) is 5.11 Å². The van der Waals surface area contributed by atoms with Crippen molar-refractivity contribution in [2.24, 2.45) is 7.05 Å². The Balaban J connectivity index is 1.50. The number of fused-ring (bicyclic) bond motifs is 4. The number of para-hydroxylation sites is 2. The Labute approximate surface area is 284 Å². The number of pyridine rings is 1. The van der Waals surface area contributed by atoms with E-state index in [0.29, 0.717) is 0 Å². The molecule has 5 nitrogen and oxygen atoms in total. The molecule has 0 bridgehead atoms. The van der Waals surface area contributed by atoms with Gasteiger partial charge in [0.05, 0.1) is 30.4 Å². The third kappa shape index (κ3) is 5.32. The second kappa shape index (κ2) is 10.9. The third-order valence-electron chi connectivity index (χ3n) is 9.63. The minimum absolute atomic E-state index is 0.104. The molecule has 0 radical (unpaired) electrons. The molecule has 0 fully saturated rings. The van der Waals surface area contributed by atoms with Crippen LogP contribution >= 0.6 is 0 Å². The van der Waals surface area contributed by atoms with E-state index in [4.69, 9.17) is 14.4 Å². The Morgan fingerprint density at radius 3 is 2.17 bits per heavy atom. The molecule has 3 aromatic heterocycles. The Morgan fingerprint density at radius 1 is 0.750 bits per heavy atom. The zero-order valence-electron chi connectivity index (χ0n) is 29.8. The fraction of sp³-hybridized carbons (Fsp3) is 0.286. The summed E-state index contributed by atoms with van der Waals surface area (Å²) in [5, 5.41) is 15.2. The van der Waals surface area contributed by atoms with Crippen LogP contribution in [-0.2, 0) is 17.9 Å². The van der Waals surface area contributed by atoms with Crippen LogP contribution in [0.15, 0.2) is 89.5 Å². The molecule has 7 aromatic rings. The van der Waals surface area contributed by atoms with Crippen molar-refractivity contribution < 1.29 is 9.52 Å². The summed E-state index contributed by atoms with van der Waals surface area (Å²) >= 11 is 0. The highest BCUT2D eigenvalue weighted by Crippen LogP contribution is 2.45. The minimum atomic E-state index is -1.49. The highest BCUT2D eigenvalue weighted by molar-refractivity contribution is 6.88.